The third kappa shape index (κ3) is 11.0. The predicted octanol–water partition coefficient (Wildman–Crippen LogP) is 12.8. The Morgan fingerprint density at radius 1 is 0.621 bits per heavy atom. The molecule has 8 rings (SSSR count). The number of rotatable bonds is 14. The van der Waals surface area contributed by atoms with E-state index < -0.39 is 11.9 Å². The van der Waals surface area contributed by atoms with Crippen molar-refractivity contribution in [1.29, 1.82) is 0 Å². The SMILES string of the molecule is Cc1cccc(NC(=O)NC(=O)c2ccc3c(N=Nc4ccc(C(=O)c5ccc(N=Nc6c(O)ccc7cc(CO/N=C/ONc8cccc(I)c8)ccc67)cc5)cc4)c(O)ccc3c2)c1. The standard InChI is InChI=1S/C50H37IN8O7/c1-30-4-2-6-40(24-30)53-50(64)54-49(63)36-13-21-43-35(26-36)15-23-45(61)47(43)58-56-39-18-11-33(12-19-39)48(62)32-9-16-38(17-10-32)55-57-46-42-20-8-31(25-34(42)14-22-44(46)60)28-65-52-29-66-59-41-7-3-5-37(51)27-41/h2-27,29,59-61H,28H2,1H3,(H2,53,54,63,64)/b52-29+,57-55?,58-56?. The predicted molar refractivity (Wildman–Crippen MR) is 261 cm³/mol. The summed E-state index contributed by atoms with van der Waals surface area (Å²) in [4.78, 5) is 49.3. The zero-order valence-corrected chi connectivity index (χ0v) is 37.0. The fourth-order valence-corrected chi connectivity index (χ4v) is 7.25. The summed E-state index contributed by atoms with van der Waals surface area (Å²) in [6.45, 7) is 2.08. The minimum absolute atomic E-state index is 0.0422. The molecule has 0 heterocycles. The molecule has 0 aliphatic carbocycles. The van der Waals surface area contributed by atoms with Crippen molar-refractivity contribution < 1.29 is 34.3 Å². The van der Waals surface area contributed by atoms with E-state index >= 15 is 0 Å². The average molecular weight is 989 g/mol. The summed E-state index contributed by atoms with van der Waals surface area (Å²) >= 11 is 2.21. The van der Waals surface area contributed by atoms with Gasteiger partial charge in [-0.2, -0.15) is 10.2 Å². The molecule has 0 unspecified atom stereocenters. The van der Waals surface area contributed by atoms with E-state index in [1.165, 1.54) is 12.1 Å². The maximum atomic E-state index is 13.4. The molecule has 66 heavy (non-hydrogen) atoms. The number of fused-ring (bicyclic) bond motifs is 2. The van der Waals surface area contributed by atoms with E-state index in [0.717, 1.165) is 32.2 Å². The second kappa shape index (κ2) is 20.3. The van der Waals surface area contributed by atoms with Gasteiger partial charge in [0.25, 0.3) is 5.91 Å². The lowest BCUT2D eigenvalue weighted by Crippen LogP contribution is -2.34. The number of nitrogens with one attached hydrogen (secondary N) is 3. The molecule has 0 saturated carbocycles. The molecule has 5 N–H and O–H groups in total. The lowest BCUT2D eigenvalue weighted by molar-refractivity contribution is 0.0966. The summed E-state index contributed by atoms with van der Waals surface area (Å²) in [5, 5.41) is 50.0. The second-order valence-corrected chi connectivity index (χ2v) is 15.9. The van der Waals surface area contributed by atoms with Gasteiger partial charge < -0.3 is 25.2 Å². The van der Waals surface area contributed by atoms with Gasteiger partial charge in [0.15, 0.2) is 5.78 Å². The summed E-state index contributed by atoms with van der Waals surface area (Å²) in [6.07, 6.45) is 1.16. The fraction of sp³-hybridized carbons (Fsp3) is 0.0400. The van der Waals surface area contributed by atoms with Crippen molar-refractivity contribution in [3.05, 3.63) is 189 Å². The molecule has 3 amide bonds. The number of benzene rings is 8. The highest BCUT2D eigenvalue weighted by Gasteiger charge is 2.15. The van der Waals surface area contributed by atoms with Crippen LogP contribution in [0.15, 0.2) is 183 Å². The minimum Gasteiger partial charge on any atom is -0.506 e. The first-order valence-corrected chi connectivity index (χ1v) is 21.2. The van der Waals surface area contributed by atoms with Crippen molar-refractivity contribution in [2.45, 2.75) is 13.5 Å². The number of imide groups is 1. The summed E-state index contributed by atoms with van der Waals surface area (Å²) in [5.74, 6) is -1.00. The number of urea groups is 1. The van der Waals surface area contributed by atoms with E-state index in [4.69, 9.17) is 9.68 Å². The van der Waals surface area contributed by atoms with Crippen LogP contribution >= 0.6 is 22.6 Å². The van der Waals surface area contributed by atoms with Gasteiger partial charge in [-0.1, -0.05) is 53.7 Å². The molecule has 0 fully saturated rings. The van der Waals surface area contributed by atoms with E-state index in [2.05, 4.69) is 64.3 Å². The first kappa shape index (κ1) is 44.1. The molecule has 8 aromatic rings. The van der Waals surface area contributed by atoms with Gasteiger partial charge in [-0.15, -0.1) is 10.2 Å². The van der Waals surface area contributed by atoms with Gasteiger partial charge in [0.1, 0.15) is 29.5 Å². The molecule has 8 aromatic carbocycles. The number of phenols is 2. The van der Waals surface area contributed by atoms with Crippen molar-refractivity contribution in [3.8, 4) is 11.5 Å². The van der Waals surface area contributed by atoms with Gasteiger partial charge >= 0.3 is 6.03 Å². The molecule has 0 spiro atoms. The van der Waals surface area contributed by atoms with Crippen LogP contribution in [0.3, 0.4) is 0 Å². The van der Waals surface area contributed by atoms with Crippen molar-refractivity contribution in [2.75, 3.05) is 10.8 Å². The molecule has 0 radical (unpaired) electrons. The number of hydrogen-bond acceptors (Lipinski definition) is 13. The summed E-state index contributed by atoms with van der Waals surface area (Å²) in [6, 6.07) is 44.0. The van der Waals surface area contributed by atoms with Crippen molar-refractivity contribution in [1.82, 2.24) is 5.32 Å². The third-order valence-electron chi connectivity index (χ3n) is 9.96. The molecular weight excluding hydrogens is 952 g/mol. The Hall–Kier alpha value is -8.51. The van der Waals surface area contributed by atoms with Gasteiger partial charge in [-0.05, 0) is 161 Å². The van der Waals surface area contributed by atoms with Gasteiger partial charge in [-0.3, -0.25) is 14.9 Å². The molecule has 0 aromatic heterocycles. The second-order valence-electron chi connectivity index (χ2n) is 14.7. The Bertz CT molecular complexity index is 3210. The van der Waals surface area contributed by atoms with Gasteiger partial charge in [0.05, 0.1) is 17.1 Å². The van der Waals surface area contributed by atoms with E-state index in [9.17, 15) is 24.6 Å². The number of amides is 3. The zero-order chi connectivity index (χ0) is 46.0. The normalized spacial score (nSPS) is 11.4. The maximum Gasteiger partial charge on any atom is 0.326 e. The van der Waals surface area contributed by atoms with Gasteiger partial charge in [-0.25, -0.2) is 10.3 Å². The highest BCUT2D eigenvalue weighted by Crippen LogP contribution is 2.38. The van der Waals surface area contributed by atoms with E-state index in [1.807, 2.05) is 55.5 Å². The fourth-order valence-electron chi connectivity index (χ4n) is 6.71. The van der Waals surface area contributed by atoms with E-state index in [1.54, 1.807) is 97.1 Å². The number of aromatic hydroxyl groups is 2. The van der Waals surface area contributed by atoms with Crippen molar-refractivity contribution >= 4 is 102 Å². The van der Waals surface area contributed by atoms with Crippen LogP contribution in [-0.4, -0.2) is 34.3 Å². The number of hydrogen-bond donors (Lipinski definition) is 5. The highest BCUT2D eigenvalue weighted by molar-refractivity contribution is 14.1. The lowest BCUT2D eigenvalue weighted by Gasteiger charge is -2.09. The van der Waals surface area contributed by atoms with Crippen molar-refractivity contribution in [2.24, 2.45) is 25.6 Å². The smallest absolute Gasteiger partial charge is 0.326 e. The van der Waals surface area contributed by atoms with Crippen LogP contribution in [0.4, 0.5) is 38.9 Å². The number of aryl methyl sites for hydroxylation is 1. The number of anilines is 2. The topological polar surface area (TPSA) is 208 Å². The largest absolute Gasteiger partial charge is 0.506 e. The van der Waals surface area contributed by atoms with Gasteiger partial charge in [0, 0.05) is 36.7 Å². The summed E-state index contributed by atoms with van der Waals surface area (Å²) in [7, 11) is 0. The third-order valence-corrected chi connectivity index (χ3v) is 10.6. The number of phenolic OH excluding ortho intramolecular Hbond substituents is 2. The maximum absolute atomic E-state index is 13.4. The Balaban J connectivity index is 0.866. The molecule has 0 saturated heterocycles. The number of nitrogens with zero attached hydrogens (tertiary/aromatic N) is 5. The van der Waals surface area contributed by atoms with Crippen LogP contribution in [0.1, 0.15) is 37.4 Å². The average Bonchev–Trinajstić information content (AvgIpc) is 3.32. The number of azo groups is 2. The molecule has 15 nitrogen and oxygen atoms in total. The summed E-state index contributed by atoms with van der Waals surface area (Å²) < 4.78 is 1.06. The quantitative estimate of drug-likeness (QED) is 0.0176. The number of oxime groups is 1. The lowest BCUT2D eigenvalue weighted by atomic mass is 10.0. The highest BCUT2D eigenvalue weighted by atomic mass is 127. The Morgan fingerprint density at radius 3 is 1.85 bits per heavy atom. The van der Waals surface area contributed by atoms with Crippen molar-refractivity contribution in [3.63, 3.8) is 0 Å². The minimum atomic E-state index is -0.670. The molecule has 0 bridgehead atoms. The molecule has 0 aliphatic rings. The molecular formula is C50H37IN8O7. The molecule has 0 atom stereocenters. The summed E-state index contributed by atoms with van der Waals surface area (Å²) in [5.41, 5.74) is 8.33. The van der Waals surface area contributed by atoms with E-state index in [0.29, 0.717) is 44.3 Å². The molecule has 326 valence electrons. The number of carbonyl (C=O) groups excluding carboxylic acids is 3. The first-order chi connectivity index (χ1) is 32.1. The van der Waals surface area contributed by atoms with Crippen LogP contribution < -0.4 is 16.1 Å². The van der Waals surface area contributed by atoms with E-state index in [-0.39, 0.29) is 40.8 Å². The Labute approximate surface area is 390 Å². The molecule has 0 aliphatic heterocycles. The van der Waals surface area contributed by atoms with Crippen LogP contribution in [0.5, 0.6) is 11.5 Å². The zero-order valence-electron chi connectivity index (χ0n) is 34.8. The van der Waals surface area contributed by atoms with Crippen LogP contribution in [0.25, 0.3) is 21.5 Å². The van der Waals surface area contributed by atoms with Crippen LogP contribution in [0.2, 0.25) is 0 Å². The van der Waals surface area contributed by atoms with Crippen LogP contribution in [0, 0.1) is 10.5 Å². The monoisotopic (exact) mass is 988 g/mol. The van der Waals surface area contributed by atoms with Crippen LogP contribution in [-0.2, 0) is 16.3 Å². The number of carbonyl (C=O) groups is 3. The number of halogens is 1. The molecule has 16 heteroatoms. The Kier molecular flexibility index (Phi) is 13.6. The van der Waals surface area contributed by atoms with Gasteiger partial charge in [0.2, 0.25) is 6.40 Å². The first-order valence-electron chi connectivity index (χ1n) is 20.1. The Morgan fingerprint density at radius 2 is 1.21 bits per heavy atom. The number of ketones is 1.